The number of benzene rings is 1. The van der Waals surface area contributed by atoms with Gasteiger partial charge in [-0.2, -0.15) is 0 Å². The molecule has 108 valence electrons. The summed E-state index contributed by atoms with van der Waals surface area (Å²) in [7, 11) is 0. The summed E-state index contributed by atoms with van der Waals surface area (Å²) in [6.45, 7) is 0.118. The molecule has 7 heteroatoms. The Hall–Kier alpha value is -1.66. The van der Waals surface area contributed by atoms with Gasteiger partial charge in [0.2, 0.25) is 0 Å². The van der Waals surface area contributed by atoms with Gasteiger partial charge in [0.15, 0.2) is 6.10 Å². The van der Waals surface area contributed by atoms with Crippen LogP contribution in [0.1, 0.15) is 23.2 Å². The Morgan fingerprint density at radius 2 is 2.20 bits per heavy atom. The zero-order valence-electron chi connectivity index (χ0n) is 10.4. The third kappa shape index (κ3) is 3.26. The highest BCUT2D eigenvalue weighted by atomic mass is 35.5. The molecule has 0 bridgehead atoms. The fourth-order valence-corrected chi connectivity index (χ4v) is 2.30. The SMILES string of the molecule is O=C(NCC1CCC(C(=O)O)O1)c1c(F)cccc1Cl. The molecule has 1 amide bonds. The van der Waals surface area contributed by atoms with E-state index in [1.807, 2.05) is 0 Å². The van der Waals surface area contributed by atoms with E-state index in [2.05, 4.69) is 5.32 Å². The maximum Gasteiger partial charge on any atom is 0.332 e. The molecule has 0 aromatic heterocycles. The van der Waals surface area contributed by atoms with Crippen molar-refractivity contribution >= 4 is 23.5 Å². The zero-order valence-corrected chi connectivity index (χ0v) is 11.2. The van der Waals surface area contributed by atoms with Gasteiger partial charge in [-0.1, -0.05) is 17.7 Å². The van der Waals surface area contributed by atoms with Crippen molar-refractivity contribution in [2.24, 2.45) is 0 Å². The zero-order chi connectivity index (χ0) is 14.7. The Labute approximate surface area is 119 Å². The highest BCUT2D eigenvalue weighted by Gasteiger charge is 2.30. The molecule has 1 aromatic rings. The molecule has 1 heterocycles. The van der Waals surface area contributed by atoms with Gasteiger partial charge in [0.05, 0.1) is 16.7 Å². The van der Waals surface area contributed by atoms with Gasteiger partial charge in [0, 0.05) is 6.54 Å². The number of ether oxygens (including phenoxy) is 1. The molecule has 0 saturated carbocycles. The van der Waals surface area contributed by atoms with E-state index in [-0.39, 0.29) is 23.2 Å². The van der Waals surface area contributed by atoms with E-state index >= 15 is 0 Å². The lowest BCUT2D eigenvalue weighted by Crippen LogP contribution is -2.33. The van der Waals surface area contributed by atoms with Crippen molar-refractivity contribution in [1.82, 2.24) is 5.32 Å². The molecule has 20 heavy (non-hydrogen) atoms. The quantitative estimate of drug-likeness (QED) is 0.890. The Morgan fingerprint density at radius 1 is 1.45 bits per heavy atom. The second-order valence-corrected chi connectivity index (χ2v) is 4.88. The van der Waals surface area contributed by atoms with Crippen LogP contribution in [0.5, 0.6) is 0 Å². The molecule has 2 rings (SSSR count). The van der Waals surface area contributed by atoms with Crippen LogP contribution in [-0.4, -0.2) is 35.7 Å². The van der Waals surface area contributed by atoms with Gasteiger partial charge in [-0.05, 0) is 25.0 Å². The summed E-state index contributed by atoms with van der Waals surface area (Å²) >= 11 is 5.77. The number of hydrogen-bond acceptors (Lipinski definition) is 3. The van der Waals surface area contributed by atoms with E-state index in [1.165, 1.54) is 12.1 Å². The number of carboxylic acid groups (broad SMARTS) is 1. The second-order valence-electron chi connectivity index (χ2n) is 4.47. The lowest BCUT2D eigenvalue weighted by Gasteiger charge is -2.13. The monoisotopic (exact) mass is 301 g/mol. The average molecular weight is 302 g/mol. The largest absolute Gasteiger partial charge is 0.479 e. The van der Waals surface area contributed by atoms with Crippen LogP contribution in [0.15, 0.2) is 18.2 Å². The first-order valence-electron chi connectivity index (χ1n) is 6.09. The number of halogens is 2. The van der Waals surface area contributed by atoms with Crippen molar-refractivity contribution in [2.45, 2.75) is 25.0 Å². The van der Waals surface area contributed by atoms with Crippen LogP contribution in [0.25, 0.3) is 0 Å². The molecule has 1 aliphatic heterocycles. The Bertz CT molecular complexity index is 517. The molecular weight excluding hydrogens is 289 g/mol. The molecule has 1 fully saturated rings. The summed E-state index contributed by atoms with van der Waals surface area (Å²) < 4.78 is 18.7. The van der Waals surface area contributed by atoms with Crippen LogP contribution in [0.2, 0.25) is 5.02 Å². The number of hydrogen-bond donors (Lipinski definition) is 2. The summed E-state index contributed by atoms with van der Waals surface area (Å²) in [5.74, 6) is -2.36. The maximum absolute atomic E-state index is 13.5. The summed E-state index contributed by atoms with van der Waals surface area (Å²) in [5.41, 5.74) is -0.220. The standard InChI is InChI=1S/C13H13ClFNO4/c14-8-2-1-3-9(15)11(8)12(17)16-6-7-4-5-10(20-7)13(18)19/h1-3,7,10H,4-6H2,(H,16,17)(H,18,19). The van der Waals surface area contributed by atoms with Gasteiger partial charge in [0.25, 0.3) is 5.91 Å². The number of amides is 1. The van der Waals surface area contributed by atoms with E-state index in [4.69, 9.17) is 21.4 Å². The predicted molar refractivity (Wildman–Crippen MR) is 69.3 cm³/mol. The van der Waals surface area contributed by atoms with Crippen molar-refractivity contribution in [1.29, 1.82) is 0 Å². The van der Waals surface area contributed by atoms with Crippen LogP contribution in [0, 0.1) is 5.82 Å². The predicted octanol–water partition coefficient (Wildman–Crippen LogP) is 1.84. The first kappa shape index (κ1) is 14.7. The minimum Gasteiger partial charge on any atom is -0.479 e. The smallest absolute Gasteiger partial charge is 0.332 e. The van der Waals surface area contributed by atoms with Crippen molar-refractivity contribution in [3.63, 3.8) is 0 Å². The Morgan fingerprint density at radius 3 is 2.80 bits per heavy atom. The van der Waals surface area contributed by atoms with E-state index in [9.17, 15) is 14.0 Å². The highest BCUT2D eigenvalue weighted by molar-refractivity contribution is 6.33. The van der Waals surface area contributed by atoms with Crippen molar-refractivity contribution in [3.05, 3.63) is 34.6 Å². The summed E-state index contributed by atoms with van der Waals surface area (Å²) in [5, 5.41) is 11.3. The number of rotatable bonds is 4. The van der Waals surface area contributed by atoms with Crippen LogP contribution < -0.4 is 5.32 Å². The van der Waals surface area contributed by atoms with Crippen LogP contribution in [0.4, 0.5) is 4.39 Å². The highest BCUT2D eigenvalue weighted by Crippen LogP contribution is 2.21. The second kappa shape index (κ2) is 6.19. The third-order valence-electron chi connectivity index (χ3n) is 3.06. The molecule has 1 aliphatic rings. The number of carbonyl (C=O) groups is 2. The first-order chi connectivity index (χ1) is 9.49. The van der Waals surface area contributed by atoms with Crippen LogP contribution >= 0.6 is 11.6 Å². The van der Waals surface area contributed by atoms with E-state index in [0.29, 0.717) is 12.8 Å². The molecule has 2 atom stereocenters. The molecule has 2 unspecified atom stereocenters. The average Bonchev–Trinajstić information content (AvgIpc) is 2.85. The molecular formula is C13H13ClFNO4. The lowest BCUT2D eigenvalue weighted by molar-refractivity contribution is -0.149. The summed E-state index contributed by atoms with van der Waals surface area (Å²) in [6.07, 6.45) is -0.293. The van der Waals surface area contributed by atoms with Crippen molar-refractivity contribution < 1.29 is 23.8 Å². The fourth-order valence-electron chi connectivity index (χ4n) is 2.05. The summed E-state index contributed by atoms with van der Waals surface area (Å²) in [6, 6.07) is 3.98. The van der Waals surface area contributed by atoms with Gasteiger partial charge in [-0.3, -0.25) is 4.79 Å². The van der Waals surface area contributed by atoms with E-state index in [0.717, 1.165) is 6.07 Å². The molecule has 0 radical (unpaired) electrons. The topological polar surface area (TPSA) is 75.6 Å². The Kier molecular flexibility index (Phi) is 4.57. The van der Waals surface area contributed by atoms with Crippen molar-refractivity contribution in [2.75, 3.05) is 6.54 Å². The third-order valence-corrected chi connectivity index (χ3v) is 3.38. The number of carboxylic acids is 1. The minimum absolute atomic E-state index is 0.0262. The Balaban J connectivity index is 1.92. The van der Waals surface area contributed by atoms with Crippen LogP contribution in [0.3, 0.4) is 0 Å². The number of carbonyl (C=O) groups excluding carboxylic acids is 1. The molecule has 0 spiro atoms. The fraction of sp³-hybridized carbons (Fsp3) is 0.385. The first-order valence-corrected chi connectivity index (χ1v) is 6.47. The van der Waals surface area contributed by atoms with Gasteiger partial charge in [0.1, 0.15) is 5.82 Å². The molecule has 2 N–H and O–H groups in total. The van der Waals surface area contributed by atoms with E-state index < -0.39 is 23.8 Å². The lowest BCUT2D eigenvalue weighted by atomic mass is 10.1. The molecule has 0 aliphatic carbocycles. The van der Waals surface area contributed by atoms with Gasteiger partial charge < -0.3 is 15.2 Å². The minimum atomic E-state index is -1.02. The number of aliphatic carboxylic acids is 1. The van der Waals surface area contributed by atoms with E-state index in [1.54, 1.807) is 0 Å². The van der Waals surface area contributed by atoms with Gasteiger partial charge in [-0.15, -0.1) is 0 Å². The molecule has 1 aromatic carbocycles. The maximum atomic E-state index is 13.5. The van der Waals surface area contributed by atoms with Crippen LogP contribution in [-0.2, 0) is 9.53 Å². The van der Waals surface area contributed by atoms with Gasteiger partial charge >= 0.3 is 5.97 Å². The number of nitrogens with one attached hydrogen (secondary N) is 1. The van der Waals surface area contributed by atoms with Crippen molar-refractivity contribution in [3.8, 4) is 0 Å². The molecule has 5 nitrogen and oxygen atoms in total. The molecule has 1 saturated heterocycles. The van der Waals surface area contributed by atoms with Gasteiger partial charge in [-0.25, -0.2) is 9.18 Å². The summed E-state index contributed by atoms with van der Waals surface area (Å²) in [4.78, 5) is 22.6. The normalized spacial score (nSPS) is 21.7.